The summed E-state index contributed by atoms with van der Waals surface area (Å²) < 4.78 is 0. The van der Waals surface area contributed by atoms with Gasteiger partial charge in [-0.15, -0.1) is 0 Å². The van der Waals surface area contributed by atoms with E-state index in [2.05, 4.69) is 37.4 Å². The van der Waals surface area contributed by atoms with Gasteiger partial charge in [0.05, 0.1) is 23.9 Å². The van der Waals surface area contributed by atoms with Crippen LogP contribution in [0.15, 0.2) is 48.5 Å². The lowest BCUT2D eigenvalue weighted by molar-refractivity contribution is 0.105. The molecule has 0 bridgehead atoms. The highest BCUT2D eigenvalue weighted by Gasteiger charge is 2.09. The Balaban J connectivity index is 2.07. The summed E-state index contributed by atoms with van der Waals surface area (Å²) in [4.78, 5) is 4.77. The molecule has 0 aliphatic carbocycles. The Labute approximate surface area is 141 Å². The molecular weight excluding hydrogens is 300 g/mol. The molecule has 4 heteroatoms. The van der Waals surface area contributed by atoms with Gasteiger partial charge in [-0.05, 0) is 43.2 Å². The Morgan fingerprint density at radius 1 is 1.04 bits per heavy atom. The predicted octanol–water partition coefficient (Wildman–Crippen LogP) is 3.28. The van der Waals surface area contributed by atoms with Gasteiger partial charge in [0.15, 0.2) is 0 Å². The number of hydrogen-bond acceptors (Lipinski definition) is 4. The Bertz CT molecular complexity index is 861. The second-order valence-corrected chi connectivity index (χ2v) is 6.09. The van der Waals surface area contributed by atoms with Crippen molar-refractivity contribution < 1.29 is 10.2 Å². The Kier molecular flexibility index (Phi) is 4.79. The fraction of sp³-hybridized carbons (Fsp3) is 0.250. The highest BCUT2D eigenvalue weighted by Crippen LogP contribution is 2.29. The number of pyridine rings is 1. The topological polar surface area (TPSA) is 65.4 Å². The van der Waals surface area contributed by atoms with Crippen molar-refractivity contribution in [1.29, 1.82) is 0 Å². The van der Waals surface area contributed by atoms with Gasteiger partial charge in [-0.2, -0.15) is 0 Å². The van der Waals surface area contributed by atoms with Crippen LogP contribution in [0.2, 0.25) is 0 Å². The van der Waals surface area contributed by atoms with Gasteiger partial charge in [-0.1, -0.05) is 30.3 Å². The quantitative estimate of drug-likeness (QED) is 0.674. The zero-order valence-corrected chi connectivity index (χ0v) is 14.0. The number of aliphatic hydroxyl groups is 2. The van der Waals surface area contributed by atoms with E-state index in [9.17, 15) is 5.11 Å². The Hall–Kier alpha value is -2.43. The SMILES string of the molecule is Cc1ccc(-c2cc(NC[C@H](O)CO)c3ccccc3n2)cc1C. The maximum Gasteiger partial charge on any atom is 0.0942 e. The van der Waals surface area contributed by atoms with Crippen molar-refractivity contribution in [3.63, 3.8) is 0 Å². The summed E-state index contributed by atoms with van der Waals surface area (Å²) in [7, 11) is 0. The van der Waals surface area contributed by atoms with Crippen LogP contribution in [0.1, 0.15) is 11.1 Å². The molecule has 0 saturated heterocycles. The van der Waals surface area contributed by atoms with E-state index in [4.69, 9.17) is 10.1 Å². The minimum Gasteiger partial charge on any atom is -0.394 e. The molecule has 1 heterocycles. The molecule has 2 aromatic carbocycles. The van der Waals surface area contributed by atoms with Crippen LogP contribution in [0.4, 0.5) is 5.69 Å². The highest BCUT2D eigenvalue weighted by molar-refractivity contribution is 5.93. The van der Waals surface area contributed by atoms with Gasteiger partial charge in [0, 0.05) is 23.2 Å². The molecule has 24 heavy (non-hydrogen) atoms. The molecule has 0 unspecified atom stereocenters. The first-order chi connectivity index (χ1) is 11.6. The molecule has 3 rings (SSSR count). The Morgan fingerprint density at radius 3 is 2.58 bits per heavy atom. The number of anilines is 1. The van der Waals surface area contributed by atoms with Gasteiger partial charge in [-0.3, -0.25) is 0 Å². The number of hydrogen-bond donors (Lipinski definition) is 3. The fourth-order valence-corrected chi connectivity index (χ4v) is 2.66. The molecule has 0 radical (unpaired) electrons. The number of aryl methyl sites for hydroxylation is 2. The molecule has 0 aliphatic heterocycles. The summed E-state index contributed by atoms with van der Waals surface area (Å²) in [5.41, 5.74) is 6.24. The number of aliphatic hydroxyl groups excluding tert-OH is 2. The smallest absolute Gasteiger partial charge is 0.0942 e. The van der Waals surface area contributed by atoms with Crippen molar-refractivity contribution in [3.05, 3.63) is 59.7 Å². The lowest BCUT2D eigenvalue weighted by Crippen LogP contribution is -2.23. The first kappa shape index (κ1) is 16.4. The van der Waals surface area contributed by atoms with Crippen molar-refractivity contribution in [1.82, 2.24) is 4.98 Å². The molecule has 0 saturated carbocycles. The van der Waals surface area contributed by atoms with E-state index in [1.54, 1.807) is 0 Å². The predicted molar refractivity (Wildman–Crippen MR) is 98.2 cm³/mol. The zero-order chi connectivity index (χ0) is 17.1. The number of aromatic nitrogens is 1. The summed E-state index contributed by atoms with van der Waals surface area (Å²) >= 11 is 0. The van der Waals surface area contributed by atoms with Crippen LogP contribution in [0.5, 0.6) is 0 Å². The summed E-state index contributed by atoms with van der Waals surface area (Å²) in [6.45, 7) is 4.21. The second kappa shape index (κ2) is 6.99. The van der Waals surface area contributed by atoms with E-state index < -0.39 is 6.10 Å². The van der Waals surface area contributed by atoms with Gasteiger partial charge in [0.2, 0.25) is 0 Å². The van der Waals surface area contributed by atoms with Crippen LogP contribution in [0, 0.1) is 13.8 Å². The van der Waals surface area contributed by atoms with Crippen molar-refractivity contribution in [2.75, 3.05) is 18.5 Å². The van der Waals surface area contributed by atoms with Crippen LogP contribution in [0.3, 0.4) is 0 Å². The first-order valence-electron chi connectivity index (χ1n) is 8.08. The average molecular weight is 322 g/mol. The molecule has 124 valence electrons. The molecule has 1 atom stereocenters. The lowest BCUT2D eigenvalue weighted by atomic mass is 10.0. The van der Waals surface area contributed by atoms with Crippen molar-refractivity contribution in [3.8, 4) is 11.3 Å². The number of rotatable bonds is 5. The standard InChI is InChI=1S/C20H22N2O2/c1-13-7-8-15(9-14(13)2)19-10-20(21-11-16(24)12-23)17-5-3-4-6-18(17)22-19/h3-10,16,23-24H,11-12H2,1-2H3,(H,21,22)/t16-/m0/s1. The number of fused-ring (bicyclic) bond motifs is 1. The number of nitrogens with one attached hydrogen (secondary N) is 1. The van der Waals surface area contributed by atoms with Gasteiger partial charge in [0.1, 0.15) is 0 Å². The molecule has 1 aromatic heterocycles. The molecule has 0 aliphatic rings. The van der Waals surface area contributed by atoms with Crippen molar-refractivity contribution in [2.45, 2.75) is 20.0 Å². The van der Waals surface area contributed by atoms with E-state index in [-0.39, 0.29) is 13.2 Å². The number of benzene rings is 2. The van der Waals surface area contributed by atoms with E-state index in [1.807, 2.05) is 30.3 Å². The van der Waals surface area contributed by atoms with Gasteiger partial charge in [-0.25, -0.2) is 4.98 Å². The van der Waals surface area contributed by atoms with E-state index in [0.29, 0.717) is 0 Å². The van der Waals surface area contributed by atoms with Gasteiger partial charge in [0.25, 0.3) is 0 Å². The number of para-hydroxylation sites is 1. The summed E-state index contributed by atoms with van der Waals surface area (Å²) in [5.74, 6) is 0. The molecule has 3 aromatic rings. The van der Waals surface area contributed by atoms with Crippen LogP contribution in [0.25, 0.3) is 22.2 Å². The molecule has 4 nitrogen and oxygen atoms in total. The zero-order valence-electron chi connectivity index (χ0n) is 14.0. The third kappa shape index (κ3) is 3.40. The fourth-order valence-electron chi connectivity index (χ4n) is 2.66. The average Bonchev–Trinajstić information content (AvgIpc) is 2.61. The molecule has 3 N–H and O–H groups in total. The summed E-state index contributed by atoms with van der Waals surface area (Å²) in [5, 5.41) is 22.8. The van der Waals surface area contributed by atoms with Gasteiger partial charge >= 0.3 is 0 Å². The van der Waals surface area contributed by atoms with Crippen molar-refractivity contribution in [2.24, 2.45) is 0 Å². The van der Waals surface area contributed by atoms with Crippen LogP contribution < -0.4 is 5.32 Å². The summed E-state index contributed by atoms with van der Waals surface area (Å²) in [6.07, 6.45) is -0.790. The molecule has 0 amide bonds. The van der Waals surface area contributed by atoms with E-state index >= 15 is 0 Å². The maximum atomic E-state index is 9.62. The third-order valence-electron chi connectivity index (χ3n) is 4.26. The highest BCUT2D eigenvalue weighted by atomic mass is 16.3. The van der Waals surface area contributed by atoms with Crippen LogP contribution in [-0.2, 0) is 0 Å². The van der Waals surface area contributed by atoms with E-state index in [0.717, 1.165) is 27.8 Å². The summed E-state index contributed by atoms with van der Waals surface area (Å²) in [6, 6.07) is 16.2. The van der Waals surface area contributed by atoms with Crippen molar-refractivity contribution >= 4 is 16.6 Å². The second-order valence-electron chi connectivity index (χ2n) is 6.09. The third-order valence-corrected chi connectivity index (χ3v) is 4.26. The number of nitrogens with zero attached hydrogens (tertiary/aromatic N) is 1. The molecule has 0 fully saturated rings. The van der Waals surface area contributed by atoms with Crippen LogP contribution in [-0.4, -0.2) is 34.5 Å². The van der Waals surface area contributed by atoms with Crippen LogP contribution >= 0.6 is 0 Å². The van der Waals surface area contributed by atoms with Gasteiger partial charge < -0.3 is 15.5 Å². The maximum absolute atomic E-state index is 9.62. The minimum absolute atomic E-state index is 0.264. The largest absolute Gasteiger partial charge is 0.394 e. The first-order valence-corrected chi connectivity index (χ1v) is 8.08. The molecular formula is C20H22N2O2. The Morgan fingerprint density at radius 2 is 1.83 bits per heavy atom. The minimum atomic E-state index is -0.790. The monoisotopic (exact) mass is 322 g/mol. The van der Waals surface area contributed by atoms with E-state index in [1.165, 1.54) is 11.1 Å². The normalized spacial score (nSPS) is 12.3. The molecule has 0 spiro atoms. The lowest BCUT2D eigenvalue weighted by Gasteiger charge is -2.14.